The molecule has 0 radical (unpaired) electrons. The van der Waals surface area contributed by atoms with Gasteiger partial charge in [0.2, 0.25) is 5.95 Å². The Morgan fingerprint density at radius 1 is 1.32 bits per heavy atom. The number of likely N-dealkylation sites (N-methyl/N-ethyl adjacent to an activating group) is 1. The molecule has 22 heavy (non-hydrogen) atoms. The van der Waals surface area contributed by atoms with E-state index in [1.807, 2.05) is 20.0 Å². The van der Waals surface area contributed by atoms with Crippen LogP contribution in [0.2, 0.25) is 0 Å². The number of pyridine rings is 1. The molecule has 0 aliphatic carbocycles. The van der Waals surface area contributed by atoms with Crippen molar-refractivity contribution in [2.24, 2.45) is 0 Å². The first-order valence-electron chi connectivity index (χ1n) is 7.47. The van der Waals surface area contributed by atoms with Gasteiger partial charge in [-0.3, -0.25) is 0 Å². The Balaban J connectivity index is 2.02. The van der Waals surface area contributed by atoms with Crippen molar-refractivity contribution in [2.75, 3.05) is 44.9 Å². The molecule has 3 heterocycles. The molecule has 0 spiro atoms. The minimum Gasteiger partial charge on any atom is -0.496 e. The molecule has 7 nitrogen and oxygen atoms in total. The van der Waals surface area contributed by atoms with Crippen LogP contribution in [-0.2, 0) is 0 Å². The Hall–Kier alpha value is -2.15. The molecular weight excluding hydrogens is 280 g/mol. The number of aryl methyl sites for hydroxylation is 1. The van der Waals surface area contributed by atoms with Crippen LogP contribution in [0.1, 0.15) is 12.1 Å². The summed E-state index contributed by atoms with van der Waals surface area (Å²) in [5.41, 5.74) is 1.52. The molecule has 118 valence electrons. The van der Waals surface area contributed by atoms with Crippen molar-refractivity contribution in [3.63, 3.8) is 0 Å². The van der Waals surface area contributed by atoms with Crippen molar-refractivity contribution in [3.05, 3.63) is 11.8 Å². The fourth-order valence-corrected chi connectivity index (χ4v) is 2.86. The molecule has 2 aromatic rings. The molecule has 2 aromatic heterocycles. The topological polar surface area (TPSA) is 75.2 Å². The van der Waals surface area contributed by atoms with Crippen LogP contribution >= 0.6 is 0 Å². The number of methoxy groups -OCH3 is 1. The average Bonchev–Trinajstić information content (AvgIpc) is 2.90. The quantitative estimate of drug-likeness (QED) is 0.886. The standard InChI is InChI=1S/C15H22N6O/c1-9-7-11(22-4)12-13(16-2)19-15(20-14(12)17-9)18-10-5-6-21(3)8-10/h7,10H,5-6,8H2,1-4H3,(H2,16,17,18,19,20)/t10-/m1/s1. The number of nitrogens with zero attached hydrogens (tertiary/aromatic N) is 4. The largest absolute Gasteiger partial charge is 0.496 e. The number of hydrogen-bond donors (Lipinski definition) is 2. The predicted octanol–water partition coefficient (Wildman–Crippen LogP) is 1.50. The maximum Gasteiger partial charge on any atom is 0.227 e. The Kier molecular flexibility index (Phi) is 3.98. The second-order valence-electron chi connectivity index (χ2n) is 5.70. The van der Waals surface area contributed by atoms with E-state index in [0.717, 1.165) is 42.2 Å². The van der Waals surface area contributed by atoms with Gasteiger partial charge < -0.3 is 20.3 Å². The third kappa shape index (κ3) is 2.76. The Morgan fingerprint density at radius 2 is 2.14 bits per heavy atom. The number of likely N-dealkylation sites (tertiary alicyclic amines) is 1. The van der Waals surface area contributed by atoms with E-state index in [2.05, 4.69) is 37.5 Å². The van der Waals surface area contributed by atoms with Crippen LogP contribution in [0.15, 0.2) is 6.07 Å². The van der Waals surface area contributed by atoms with Crippen LogP contribution in [0.3, 0.4) is 0 Å². The Morgan fingerprint density at radius 3 is 2.77 bits per heavy atom. The first-order valence-corrected chi connectivity index (χ1v) is 7.47. The van der Waals surface area contributed by atoms with Gasteiger partial charge in [-0.2, -0.15) is 9.97 Å². The first kappa shape index (κ1) is 14.8. The minimum absolute atomic E-state index is 0.374. The molecule has 0 unspecified atom stereocenters. The molecule has 1 fully saturated rings. The number of fused-ring (bicyclic) bond motifs is 1. The fourth-order valence-electron chi connectivity index (χ4n) is 2.86. The molecule has 1 aliphatic heterocycles. The van der Waals surface area contributed by atoms with E-state index in [4.69, 9.17) is 4.74 Å². The van der Waals surface area contributed by atoms with Crippen LogP contribution in [0.5, 0.6) is 5.75 Å². The van der Waals surface area contributed by atoms with E-state index in [1.165, 1.54) is 0 Å². The maximum atomic E-state index is 5.45. The van der Waals surface area contributed by atoms with E-state index in [0.29, 0.717) is 17.6 Å². The van der Waals surface area contributed by atoms with Crippen molar-refractivity contribution in [1.29, 1.82) is 0 Å². The van der Waals surface area contributed by atoms with Gasteiger partial charge in [0.15, 0.2) is 5.65 Å². The van der Waals surface area contributed by atoms with Gasteiger partial charge in [-0.1, -0.05) is 0 Å². The van der Waals surface area contributed by atoms with Crippen LogP contribution in [0, 0.1) is 6.92 Å². The summed E-state index contributed by atoms with van der Waals surface area (Å²) in [6, 6.07) is 2.27. The zero-order valence-corrected chi connectivity index (χ0v) is 13.5. The summed E-state index contributed by atoms with van der Waals surface area (Å²) in [5, 5.41) is 7.34. The van der Waals surface area contributed by atoms with E-state index in [9.17, 15) is 0 Å². The molecule has 0 bridgehead atoms. The van der Waals surface area contributed by atoms with Gasteiger partial charge >= 0.3 is 0 Å². The molecular formula is C15H22N6O. The number of aromatic nitrogens is 3. The highest BCUT2D eigenvalue weighted by molar-refractivity contribution is 5.93. The van der Waals surface area contributed by atoms with Gasteiger partial charge in [0.05, 0.1) is 7.11 Å². The molecule has 2 N–H and O–H groups in total. The lowest BCUT2D eigenvalue weighted by Gasteiger charge is -2.15. The summed E-state index contributed by atoms with van der Waals surface area (Å²) in [6.07, 6.45) is 1.09. The molecule has 1 saturated heterocycles. The van der Waals surface area contributed by atoms with Crippen molar-refractivity contribution in [3.8, 4) is 5.75 Å². The monoisotopic (exact) mass is 302 g/mol. The van der Waals surface area contributed by atoms with Gasteiger partial charge in [-0.25, -0.2) is 4.98 Å². The molecule has 3 rings (SSSR count). The van der Waals surface area contributed by atoms with Gasteiger partial charge in [-0.15, -0.1) is 0 Å². The molecule has 1 atom stereocenters. The second kappa shape index (κ2) is 5.92. The summed E-state index contributed by atoms with van der Waals surface area (Å²) in [6.45, 7) is 4.03. The number of rotatable bonds is 4. The second-order valence-corrected chi connectivity index (χ2v) is 5.70. The molecule has 0 aromatic carbocycles. The lowest BCUT2D eigenvalue weighted by Crippen LogP contribution is -2.24. The van der Waals surface area contributed by atoms with Crippen LogP contribution in [0.25, 0.3) is 11.0 Å². The van der Waals surface area contributed by atoms with Crippen molar-refractivity contribution in [1.82, 2.24) is 19.9 Å². The van der Waals surface area contributed by atoms with E-state index in [-0.39, 0.29) is 0 Å². The van der Waals surface area contributed by atoms with Gasteiger partial charge in [0.25, 0.3) is 0 Å². The highest BCUT2D eigenvalue weighted by atomic mass is 16.5. The predicted molar refractivity (Wildman–Crippen MR) is 87.7 cm³/mol. The zero-order chi connectivity index (χ0) is 15.7. The molecule has 1 aliphatic rings. The third-order valence-corrected chi connectivity index (χ3v) is 3.94. The lowest BCUT2D eigenvalue weighted by atomic mass is 10.2. The van der Waals surface area contributed by atoms with E-state index < -0.39 is 0 Å². The SMILES string of the molecule is CNc1nc(N[C@@H]2CCN(C)C2)nc2nc(C)cc(OC)c12. The maximum absolute atomic E-state index is 5.45. The number of hydrogen-bond acceptors (Lipinski definition) is 7. The van der Waals surface area contributed by atoms with Gasteiger partial charge in [0.1, 0.15) is 17.0 Å². The minimum atomic E-state index is 0.374. The van der Waals surface area contributed by atoms with Gasteiger partial charge in [0, 0.05) is 31.4 Å². The summed E-state index contributed by atoms with van der Waals surface area (Å²) in [5.74, 6) is 2.07. The summed E-state index contributed by atoms with van der Waals surface area (Å²) in [7, 11) is 5.61. The molecule has 7 heteroatoms. The number of anilines is 2. The van der Waals surface area contributed by atoms with Crippen LogP contribution < -0.4 is 15.4 Å². The van der Waals surface area contributed by atoms with Crippen molar-refractivity contribution >= 4 is 22.8 Å². The lowest BCUT2D eigenvalue weighted by molar-refractivity contribution is 0.414. The van der Waals surface area contributed by atoms with E-state index >= 15 is 0 Å². The summed E-state index contributed by atoms with van der Waals surface area (Å²) < 4.78 is 5.45. The van der Waals surface area contributed by atoms with Crippen LogP contribution in [0.4, 0.5) is 11.8 Å². The summed E-state index contributed by atoms with van der Waals surface area (Å²) in [4.78, 5) is 16.0. The van der Waals surface area contributed by atoms with Crippen molar-refractivity contribution < 1.29 is 4.74 Å². The smallest absolute Gasteiger partial charge is 0.227 e. The molecule has 0 amide bonds. The number of ether oxygens (including phenoxy) is 1. The van der Waals surface area contributed by atoms with Crippen molar-refractivity contribution in [2.45, 2.75) is 19.4 Å². The normalized spacial score (nSPS) is 18.6. The molecule has 0 saturated carbocycles. The zero-order valence-electron chi connectivity index (χ0n) is 13.5. The number of nitrogens with one attached hydrogen (secondary N) is 2. The highest BCUT2D eigenvalue weighted by Crippen LogP contribution is 2.30. The first-order chi connectivity index (χ1) is 10.6. The fraction of sp³-hybridized carbons (Fsp3) is 0.533. The summed E-state index contributed by atoms with van der Waals surface area (Å²) >= 11 is 0. The average molecular weight is 302 g/mol. The highest BCUT2D eigenvalue weighted by Gasteiger charge is 2.21. The van der Waals surface area contributed by atoms with Crippen LogP contribution in [-0.4, -0.2) is 60.2 Å². The Labute approximate surface area is 130 Å². The Bertz CT molecular complexity index is 689. The van der Waals surface area contributed by atoms with Gasteiger partial charge in [-0.05, 0) is 26.9 Å². The third-order valence-electron chi connectivity index (χ3n) is 3.94. The van der Waals surface area contributed by atoms with E-state index in [1.54, 1.807) is 7.11 Å².